The lowest BCUT2D eigenvalue weighted by molar-refractivity contribution is -0.143. The standard InChI is InChI=1S/C35H38N4O3S/c1-3-42-33(41)22-14-24-39-34(43-27(2)40)32(36-37-39)25-28-15-13-23-38(26-28)35(29-16-7-4-8-17-29,30-18-9-5-10-19-30)31-20-11-6-12-21-31/h4-12,16-21,26H,3,13-15,22-25H2,1-2H3. The van der Waals surface area contributed by atoms with Crippen LogP contribution in [0, 0.1) is 0 Å². The smallest absolute Gasteiger partial charge is 0.305 e. The summed E-state index contributed by atoms with van der Waals surface area (Å²) in [5.74, 6) is -0.227. The molecule has 0 N–H and O–H groups in total. The SMILES string of the molecule is CCOC(=O)CCCn1nnc(CC2=CN(C(c3ccccc3)(c3ccccc3)c3ccccc3)CCC2)c1SC(C)=O. The van der Waals surface area contributed by atoms with Gasteiger partial charge in [-0.15, -0.1) is 5.10 Å². The summed E-state index contributed by atoms with van der Waals surface area (Å²) < 4.78 is 6.81. The third-order valence-electron chi connectivity index (χ3n) is 7.69. The van der Waals surface area contributed by atoms with E-state index < -0.39 is 5.54 Å². The molecule has 1 aliphatic heterocycles. The Morgan fingerprint density at radius 1 is 0.907 bits per heavy atom. The average molecular weight is 595 g/mol. The fourth-order valence-corrected chi connectivity index (χ4v) is 6.66. The molecule has 0 saturated heterocycles. The fraction of sp³-hybridized carbons (Fsp3) is 0.314. The van der Waals surface area contributed by atoms with E-state index in [9.17, 15) is 9.59 Å². The molecular formula is C35H38N4O3S. The van der Waals surface area contributed by atoms with Crippen LogP contribution in [-0.2, 0) is 32.8 Å². The number of esters is 1. The Kier molecular flexibility index (Phi) is 10.1. The molecule has 5 rings (SSSR count). The van der Waals surface area contributed by atoms with Gasteiger partial charge in [0.15, 0.2) is 5.12 Å². The van der Waals surface area contributed by atoms with Crippen LogP contribution in [0.2, 0.25) is 0 Å². The number of benzene rings is 3. The summed E-state index contributed by atoms with van der Waals surface area (Å²) in [5.41, 5.74) is 5.09. The summed E-state index contributed by atoms with van der Waals surface area (Å²) in [6.45, 7) is 5.10. The van der Waals surface area contributed by atoms with E-state index in [-0.39, 0.29) is 11.1 Å². The third kappa shape index (κ3) is 6.91. The predicted octanol–water partition coefficient (Wildman–Crippen LogP) is 6.77. The Labute approximate surface area is 257 Å². The van der Waals surface area contributed by atoms with Crippen LogP contribution in [0.3, 0.4) is 0 Å². The minimum absolute atomic E-state index is 0.0225. The summed E-state index contributed by atoms with van der Waals surface area (Å²) >= 11 is 1.16. The van der Waals surface area contributed by atoms with Crippen molar-refractivity contribution in [3.05, 3.63) is 125 Å². The average Bonchev–Trinajstić information content (AvgIpc) is 3.39. The number of carbonyl (C=O) groups is 2. The molecule has 3 aromatic carbocycles. The minimum Gasteiger partial charge on any atom is -0.466 e. The Balaban J connectivity index is 1.52. The molecule has 0 saturated carbocycles. The molecule has 0 atom stereocenters. The topological polar surface area (TPSA) is 77.3 Å². The number of thioether (sulfide) groups is 1. The van der Waals surface area contributed by atoms with Crippen molar-refractivity contribution in [2.24, 2.45) is 0 Å². The van der Waals surface area contributed by atoms with Gasteiger partial charge in [0, 0.05) is 39.1 Å². The highest BCUT2D eigenvalue weighted by molar-refractivity contribution is 8.13. The number of ether oxygens (including phenoxy) is 1. The maximum atomic E-state index is 12.2. The largest absolute Gasteiger partial charge is 0.466 e. The molecular weight excluding hydrogens is 556 g/mol. The number of rotatable bonds is 12. The molecule has 0 aliphatic carbocycles. The van der Waals surface area contributed by atoms with Crippen LogP contribution in [-0.4, -0.2) is 44.1 Å². The molecule has 0 radical (unpaired) electrons. The van der Waals surface area contributed by atoms with E-state index in [0.29, 0.717) is 32.4 Å². The first kappa shape index (κ1) is 30.3. The van der Waals surface area contributed by atoms with Crippen molar-refractivity contribution in [3.63, 3.8) is 0 Å². The summed E-state index contributed by atoms with van der Waals surface area (Å²) in [5, 5.41) is 9.63. The Bertz CT molecular complexity index is 1440. The third-order valence-corrected chi connectivity index (χ3v) is 8.61. The molecule has 4 aromatic rings. The molecule has 7 nitrogen and oxygen atoms in total. The van der Waals surface area contributed by atoms with Crippen molar-refractivity contribution < 1.29 is 14.3 Å². The van der Waals surface area contributed by atoms with E-state index in [1.165, 1.54) is 22.3 Å². The lowest BCUT2D eigenvalue weighted by atomic mass is 9.75. The van der Waals surface area contributed by atoms with E-state index in [4.69, 9.17) is 4.74 Å². The second kappa shape index (κ2) is 14.3. The fourth-order valence-electron chi connectivity index (χ4n) is 5.93. The maximum absolute atomic E-state index is 12.2. The first-order chi connectivity index (χ1) is 21.0. The van der Waals surface area contributed by atoms with Crippen LogP contribution in [0.25, 0.3) is 0 Å². The molecule has 2 heterocycles. The number of aryl methyl sites for hydroxylation is 1. The van der Waals surface area contributed by atoms with Gasteiger partial charge >= 0.3 is 5.97 Å². The Morgan fingerprint density at radius 3 is 2.02 bits per heavy atom. The van der Waals surface area contributed by atoms with Crippen LogP contribution in [0.15, 0.2) is 108 Å². The molecule has 222 valence electrons. The highest BCUT2D eigenvalue weighted by atomic mass is 32.2. The van der Waals surface area contributed by atoms with Crippen molar-refractivity contribution in [1.29, 1.82) is 0 Å². The maximum Gasteiger partial charge on any atom is 0.305 e. The zero-order valence-electron chi connectivity index (χ0n) is 24.8. The predicted molar refractivity (Wildman–Crippen MR) is 169 cm³/mol. The van der Waals surface area contributed by atoms with E-state index in [0.717, 1.165) is 41.9 Å². The van der Waals surface area contributed by atoms with Crippen LogP contribution in [0.1, 0.15) is 61.9 Å². The summed E-state index contributed by atoms with van der Waals surface area (Å²) in [4.78, 5) is 26.5. The van der Waals surface area contributed by atoms with Crippen molar-refractivity contribution in [2.75, 3.05) is 13.2 Å². The van der Waals surface area contributed by atoms with Crippen LogP contribution in [0.5, 0.6) is 0 Å². The van der Waals surface area contributed by atoms with Crippen LogP contribution >= 0.6 is 11.8 Å². The molecule has 0 amide bonds. The Hall–Kier alpha value is -4.17. The molecule has 0 fully saturated rings. The highest BCUT2D eigenvalue weighted by Crippen LogP contribution is 2.44. The van der Waals surface area contributed by atoms with Gasteiger partial charge in [0.05, 0.1) is 6.61 Å². The zero-order valence-corrected chi connectivity index (χ0v) is 25.6. The van der Waals surface area contributed by atoms with Gasteiger partial charge in [-0.25, -0.2) is 4.68 Å². The lowest BCUT2D eigenvalue weighted by Gasteiger charge is -2.47. The first-order valence-corrected chi connectivity index (χ1v) is 15.7. The number of hydrogen-bond donors (Lipinski definition) is 0. The second-order valence-electron chi connectivity index (χ2n) is 10.6. The van der Waals surface area contributed by atoms with Gasteiger partial charge < -0.3 is 9.64 Å². The molecule has 1 aliphatic rings. The normalized spacial score (nSPS) is 13.4. The molecule has 0 unspecified atom stereocenters. The van der Waals surface area contributed by atoms with Gasteiger partial charge in [-0.1, -0.05) is 96.2 Å². The van der Waals surface area contributed by atoms with E-state index in [1.54, 1.807) is 18.5 Å². The monoisotopic (exact) mass is 594 g/mol. The zero-order chi connectivity index (χ0) is 30.1. The number of aromatic nitrogens is 3. The van der Waals surface area contributed by atoms with Crippen LogP contribution in [0.4, 0.5) is 0 Å². The summed E-state index contributed by atoms with van der Waals surface area (Å²) in [7, 11) is 0. The number of carbonyl (C=O) groups excluding carboxylic acids is 2. The summed E-state index contributed by atoms with van der Waals surface area (Å²) in [6.07, 6.45) is 5.69. The van der Waals surface area contributed by atoms with Crippen molar-refractivity contribution in [2.45, 2.75) is 63.1 Å². The quantitative estimate of drug-likeness (QED) is 0.102. The second-order valence-corrected chi connectivity index (χ2v) is 11.8. The van der Waals surface area contributed by atoms with Gasteiger partial charge in [0.1, 0.15) is 16.3 Å². The van der Waals surface area contributed by atoms with E-state index >= 15 is 0 Å². The first-order valence-electron chi connectivity index (χ1n) is 14.9. The lowest BCUT2D eigenvalue weighted by Crippen LogP contribution is -2.47. The molecule has 43 heavy (non-hydrogen) atoms. The number of allylic oxidation sites excluding steroid dienone is 1. The molecule has 8 heteroatoms. The van der Waals surface area contributed by atoms with Crippen molar-refractivity contribution in [3.8, 4) is 0 Å². The van der Waals surface area contributed by atoms with Crippen LogP contribution < -0.4 is 0 Å². The molecule has 0 bridgehead atoms. The Morgan fingerprint density at radius 2 is 1.49 bits per heavy atom. The van der Waals surface area contributed by atoms with Gasteiger partial charge in [-0.05, 0) is 60.2 Å². The van der Waals surface area contributed by atoms with Gasteiger partial charge in [-0.3, -0.25) is 9.59 Å². The highest BCUT2D eigenvalue weighted by Gasteiger charge is 2.41. The number of nitrogens with zero attached hydrogens (tertiary/aromatic N) is 4. The van der Waals surface area contributed by atoms with Gasteiger partial charge in [-0.2, -0.15) is 0 Å². The van der Waals surface area contributed by atoms with E-state index in [2.05, 4.69) is 112 Å². The number of hydrogen-bond acceptors (Lipinski definition) is 7. The van der Waals surface area contributed by atoms with Crippen molar-refractivity contribution >= 4 is 22.8 Å². The molecule has 1 aromatic heterocycles. The van der Waals surface area contributed by atoms with E-state index in [1.807, 2.05) is 0 Å². The van der Waals surface area contributed by atoms with Gasteiger partial charge in [0.2, 0.25) is 0 Å². The molecule has 0 spiro atoms. The minimum atomic E-state index is -0.531. The van der Waals surface area contributed by atoms with Crippen molar-refractivity contribution in [1.82, 2.24) is 19.9 Å². The summed E-state index contributed by atoms with van der Waals surface area (Å²) in [6, 6.07) is 32.1. The van der Waals surface area contributed by atoms with Gasteiger partial charge in [0.25, 0.3) is 0 Å².